The topological polar surface area (TPSA) is 69.6 Å². The Balaban J connectivity index is 1.78. The predicted octanol–water partition coefficient (Wildman–Crippen LogP) is 2.89. The quantitative estimate of drug-likeness (QED) is 0.791. The number of hydrogen-bond donors (Lipinski definition) is 2. The van der Waals surface area contributed by atoms with Gasteiger partial charge in [-0.05, 0) is 43.3 Å². The van der Waals surface area contributed by atoms with Gasteiger partial charge < -0.3 is 15.3 Å². The number of aryl methyl sites for hydroxylation is 1. The Labute approximate surface area is 145 Å². The summed E-state index contributed by atoms with van der Waals surface area (Å²) >= 11 is 1.36. The smallest absolute Gasteiger partial charge is 0.243 e. The maximum absolute atomic E-state index is 12.1. The molecular weight excluding hydrogens is 324 g/mol. The lowest BCUT2D eigenvalue weighted by Gasteiger charge is -2.16. The van der Waals surface area contributed by atoms with Crippen molar-refractivity contribution in [2.24, 2.45) is 0 Å². The Bertz CT molecular complexity index is 699. The summed E-state index contributed by atoms with van der Waals surface area (Å²) in [5, 5.41) is 12.0. The number of phenolic OH excluding ortho intramolecular Hbond substituents is 1. The van der Waals surface area contributed by atoms with Gasteiger partial charge in [0.25, 0.3) is 0 Å². The molecule has 126 valence electrons. The van der Waals surface area contributed by atoms with Gasteiger partial charge in [0.2, 0.25) is 11.8 Å². The van der Waals surface area contributed by atoms with E-state index in [1.807, 2.05) is 31.2 Å². The van der Waals surface area contributed by atoms with Crippen LogP contribution in [0.4, 0.5) is 5.69 Å². The van der Waals surface area contributed by atoms with Crippen LogP contribution in [-0.2, 0) is 9.59 Å². The minimum atomic E-state index is -0.232. The van der Waals surface area contributed by atoms with Gasteiger partial charge in [0.1, 0.15) is 5.75 Å². The first-order valence-corrected chi connectivity index (χ1v) is 8.45. The molecule has 6 heteroatoms. The third kappa shape index (κ3) is 5.62. The molecule has 2 rings (SSSR count). The van der Waals surface area contributed by atoms with Gasteiger partial charge in [-0.1, -0.05) is 17.7 Å². The summed E-state index contributed by atoms with van der Waals surface area (Å²) in [5.41, 5.74) is 1.83. The molecule has 0 heterocycles. The summed E-state index contributed by atoms with van der Waals surface area (Å²) < 4.78 is 0. The van der Waals surface area contributed by atoms with Gasteiger partial charge >= 0.3 is 0 Å². The van der Waals surface area contributed by atoms with Crippen LogP contribution in [0.2, 0.25) is 0 Å². The van der Waals surface area contributed by atoms with E-state index in [0.29, 0.717) is 5.69 Å². The standard InChI is InChI=1S/C18H20N2O3S/c1-13-3-5-14(6-4-13)19-17(22)11-20(2)18(23)12-24-16-9-7-15(21)8-10-16/h3-10,21H,11-12H2,1-2H3,(H,19,22). The fourth-order valence-electron chi connectivity index (χ4n) is 1.94. The number of likely N-dealkylation sites (N-methyl/N-ethyl adjacent to an activating group) is 1. The Morgan fingerprint density at radius 3 is 2.33 bits per heavy atom. The van der Waals surface area contributed by atoms with Crippen LogP contribution in [0.5, 0.6) is 5.75 Å². The number of phenols is 1. The number of aromatic hydroxyl groups is 1. The minimum Gasteiger partial charge on any atom is -0.508 e. The molecule has 0 aliphatic carbocycles. The molecule has 24 heavy (non-hydrogen) atoms. The Morgan fingerprint density at radius 2 is 1.71 bits per heavy atom. The first-order valence-electron chi connectivity index (χ1n) is 7.46. The summed E-state index contributed by atoms with van der Waals surface area (Å²) in [6, 6.07) is 14.1. The van der Waals surface area contributed by atoms with Gasteiger partial charge in [0.05, 0.1) is 12.3 Å². The van der Waals surface area contributed by atoms with Gasteiger partial charge in [-0.15, -0.1) is 11.8 Å². The number of carbonyl (C=O) groups is 2. The molecule has 0 bridgehead atoms. The first kappa shape index (κ1) is 17.9. The number of anilines is 1. The van der Waals surface area contributed by atoms with Gasteiger partial charge in [-0.3, -0.25) is 9.59 Å². The van der Waals surface area contributed by atoms with Crippen LogP contribution in [0.1, 0.15) is 5.56 Å². The summed E-state index contributed by atoms with van der Waals surface area (Å²) in [6.07, 6.45) is 0. The summed E-state index contributed by atoms with van der Waals surface area (Å²) in [4.78, 5) is 26.4. The number of nitrogens with one attached hydrogen (secondary N) is 1. The van der Waals surface area contributed by atoms with Crippen molar-refractivity contribution in [3.63, 3.8) is 0 Å². The number of nitrogens with zero attached hydrogens (tertiary/aromatic N) is 1. The summed E-state index contributed by atoms with van der Waals surface area (Å²) in [6.45, 7) is 1.98. The Morgan fingerprint density at radius 1 is 1.08 bits per heavy atom. The zero-order valence-corrected chi connectivity index (χ0v) is 14.5. The number of hydrogen-bond acceptors (Lipinski definition) is 4. The Hall–Kier alpha value is -2.47. The van der Waals surface area contributed by atoms with E-state index in [9.17, 15) is 14.7 Å². The van der Waals surface area contributed by atoms with Crippen molar-refractivity contribution in [2.75, 3.05) is 24.7 Å². The lowest BCUT2D eigenvalue weighted by atomic mass is 10.2. The zero-order chi connectivity index (χ0) is 17.5. The minimum absolute atomic E-state index is 0.00282. The molecule has 2 amide bonds. The van der Waals surface area contributed by atoms with Crippen LogP contribution in [-0.4, -0.2) is 41.2 Å². The second-order valence-corrected chi connectivity index (χ2v) is 6.50. The van der Waals surface area contributed by atoms with Crippen LogP contribution in [0.3, 0.4) is 0 Å². The van der Waals surface area contributed by atoms with Crippen molar-refractivity contribution in [3.8, 4) is 5.75 Å². The van der Waals surface area contributed by atoms with E-state index in [4.69, 9.17) is 0 Å². The van der Waals surface area contributed by atoms with Gasteiger partial charge in [0.15, 0.2) is 0 Å². The van der Waals surface area contributed by atoms with E-state index in [1.165, 1.54) is 16.7 Å². The van der Waals surface area contributed by atoms with Gasteiger partial charge in [-0.25, -0.2) is 0 Å². The number of rotatable bonds is 6. The SMILES string of the molecule is Cc1ccc(NC(=O)CN(C)C(=O)CSc2ccc(O)cc2)cc1. The Kier molecular flexibility index (Phi) is 6.26. The van der Waals surface area contributed by atoms with E-state index in [-0.39, 0.29) is 29.9 Å². The molecule has 0 aliphatic rings. The van der Waals surface area contributed by atoms with Crippen LogP contribution in [0.25, 0.3) is 0 Å². The van der Waals surface area contributed by atoms with Crippen LogP contribution < -0.4 is 5.32 Å². The fourth-order valence-corrected chi connectivity index (χ4v) is 2.78. The molecule has 0 aromatic heterocycles. The van der Waals surface area contributed by atoms with Crippen molar-refractivity contribution in [1.29, 1.82) is 0 Å². The van der Waals surface area contributed by atoms with Crippen molar-refractivity contribution >= 4 is 29.3 Å². The van der Waals surface area contributed by atoms with Crippen LogP contribution in [0, 0.1) is 6.92 Å². The highest BCUT2D eigenvalue weighted by Crippen LogP contribution is 2.20. The number of benzene rings is 2. The maximum atomic E-state index is 12.1. The second kappa shape index (κ2) is 8.40. The van der Waals surface area contributed by atoms with E-state index < -0.39 is 0 Å². The van der Waals surface area contributed by atoms with Gasteiger partial charge in [0, 0.05) is 17.6 Å². The van der Waals surface area contributed by atoms with Crippen LogP contribution >= 0.6 is 11.8 Å². The zero-order valence-electron chi connectivity index (χ0n) is 13.7. The third-order valence-corrected chi connectivity index (χ3v) is 4.34. The highest BCUT2D eigenvalue weighted by Gasteiger charge is 2.13. The average molecular weight is 344 g/mol. The molecule has 2 aromatic rings. The lowest BCUT2D eigenvalue weighted by molar-refractivity contribution is -0.131. The van der Waals surface area contributed by atoms with E-state index in [2.05, 4.69) is 5.32 Å². The molecule has 5 nitrogen and oxygen atoms in total. The summed E-state index contributed by atoms with van der Waals surface area (Å²) in [5.74, 6) is 0.0612. The van der Waals surface area contributed by atoms with Crippen LogP contribution in [0.15, 0.2) is 53.4 Å². The van der Waals surface area contributed by atoms with Crippen molar-refractivity contribution in [1.82, 2.24) is 4.90 Å². The average Bonchev–Trinajstić information content (AvgIpc) is 2.56. The van der Waals surface area contributed by atoms with Gasteiger partial charge in [-0.2, -0.15) is 0 Å². The molecular formula is C18H20N2O3S. The maximum Gasteiger partial charge on any atom is 0.243 e. The number of thioether (sulfide) groups is 1. The third-order valence-electron chi connectivity index (χ3n) is 3.34. The molecule has 0 aliphatic heterocycles. The molecule has 0 spiro atoms. The largest absolute Gasteiger partial charge is 0.508 e. The molecule has 0 fully saturated rings. The van der Waals surface area contributed by atoms with Crippen molar-refractivity contribution < 1.29 is 14.7 Å². The van der Waals surface area contributed by atoms with Crippen molar-refractivity contribution in [3.05, 3.63) is 54.1 Å². The molecule has 0 unspecified atom stereocenters. The molecule has 2 N–H and O–H groups in total. The molecule has 0 radical (unpaired) electrons. The molecule has 0 saturated carbocycles. The summed E-state index contributed by atoms with van der Waals surface area (Å²) in [7, 11) is 1.61. The van der Waals surface area contributed by atoms with E-state index in [1.54, 1.807) is 31.3 Å². The number of amides is 2. The highest BCUT2D eigenvalue weighted by atomic mass is 32.2. The number of carbonyl (C=O) groups excluding carboxylic acids is 2. The van der Waals surface area contributed by atoms with E-state index in [0.717, 1.165) is 10.5 Å². The normalized spacial score (nSPS) is 10.2. The molecule has 0 saturated heterocycles. The predicted molar refractivity (Wildman–Crippen MR) is 96.3 cm³/mol. The van der Waals surface area contributed by atoms with E-state index >= 15 is 0 Å². The fraction of sp³-hybridized carbons (Fsp3) is 0.222. The van der Waals surface area contributed by atoms with Crippen molar-refractivity contribution in [2.45, 2.75) is 11.8 Å². The first-order chi connectivity index (χ1) is 11.4. The molecule has 2 aromatic carbocycles. The monoisotopic (exact) mass is 344 g/mol. The second-order valence-electron chi connectivity index (χ2n) is 5.45. The molecule has 0 atom stereocenters. The lowest BCUT2D eigenvalue weighted by Crippen LogP contribution is -2.35. The highest BCUT2D eigenvalue weighted by molar-refractivity contribution is 8.00.